The van der Waals surface area contributed by atoms with Crippen molar-refractivity contribution in [3.63, 3.8) is 0 Å². The first-order chi connectivity index (χ1) is 11.8. The van der Waals surface area contributed by atoms with Gasteiger partial charge in [0.1, 0.15) is 0 Å². The number of ether oxygens (including phenoxy) is 1. The molecule has 0 bridgehead atoms. The lowest BCUT2D eigenvalue weighted by Gasteiger charge is -2.26. The molecular weight excluding hydrogens is 324 g/mol. The van der Waals surface area contributed by atoms with Gasteiger partial charge in [0.05, 0.1) is 13.2 Å². The van der Waals surface area contributed by atoms with Gasteiger partial charge in [-0.2, -0.15) is 0 Å². The maximum atomic E-state index is 6.02. The second-order valence-corrected chi connectivity index (χ2v) is 6.31. The number of guanidine groups is 1. The van der Waals surface area contributed by atoms with E-state index in [0.29, 0.717) is 0 Å². The van der Waals surface area contributed by atoms with Gasteiger partial charge in [-0.25, -0.2) is 0 Å². The molecule has 0 unspecified atom stereocenters. The predicted molar refractivity (Wildman–Crippen MR) is 101 cm³/mol. The molecule has 0 amide bonds. The van der Waals surface area contributed by atoms with Crippen molar-refractivity contribution in [3.05, 3.63) is 34.9 Å². The van der Waals surface area contributed by atoms with Crippen molar-refractivity contribution in [1.82, 2.24) is 15.5 Å². The summed E-state index contributed by atoms with van der Waals surface area (Å²) in [5, 5.41) is 7.48. The molecule has 0 atom stereocenters. The largest absolute Gasteiger partial charge is 0.379 e. The molecule has 5 nitrogen and oxygen atoms in total. The van der Waals surface area contributed by atoms with Crippen LogP contribution in [-0.4, -0.2) is 63.3 Å². The monoisotopic (exact) mass is 352 g/mol. The maximum absolute atomic E-state index is 6.02. The number of benzene rings is 1. The molecule has 1 aliphatic rings. The van der Waals surface area contributed by atoms with Gasteiger partial charge in [-0.1, -0.05) is 23.7 Å². The average molecular weight is 353 g/mol. The SMILES string of the molecule is CCNC(=NCCCN1CCOCC1)NCCc1cccc(Cl)c1. The van der Waals surface area contributed by atoms with Gasteiger partial charge < -0.3 is 15.4 Å². The summed E-state index contributed by atoms with van der Waals surface area (Å²) in [6, 6.07) is 8.00. The topological polar surface area (TPSA) is 48.9 Å². The Bertz CT molecular complexity index is 504. The van der Waals surface area contributed by atoms with Crippen LogP contribution in [0.15, 0.2) is 29.3 Å². The number of hydrogen-bond donors (Lipinski definition) is 2. The number of morpholine rings is 1. The molecule has 1 saturated heterocycles. The summed E-state index contributed by atoms with van der Waals surface area (Å²) in [5.74, 6) is 0.890. The summed E-state index contributed by atoms with van der Waals surface area (Å²) in [6.07, 6.45) is 2.00. The van der Waals surface area contributed by atoms with Crippen LogP contribution in [0.25, 0.3) is 0 Å². The number of nitrogens with zero attached hydrogens (tertiary/aromatic N) is 2. The van der Waals surface area contributed by atoms with E-state index >= 15 is 0 Å². The van der Waals surface area contributed by atoms with Gasteiger partial charge in [0.25, 0.3) is 0 Å². The molecule has 134 valence electrons. The highest BCUT2D eigenvalue weighted by Crippen LogP contribution is 2.10. The van der Waals surface area contributed by atoms with Crippen molar-refractivity contribution in [1.29, 1.82) is 0 Å². The molecular formula is C18H29ClN4O. The second-order valence-electron chi connectivity index (χ2n) is 5.87. The van der Waals surface area contributed by atoms with Crippen molar-refractivity contribution >= 4 is 17.6 Å². The normalized spacial score (nSPS) is 16.2. The molecule has 2 N–H and O–H groups in total. The van der Waals surface area contributed by atoms with Crippen molar-refractivity contribution in [2.45, 2.75) is 19.8 Å². The third kappa shape index (κ3) is 7.51. The van der Waals surface area contributed by atoms with Crippen molar-refractivity contribution in [3.8, 4) is 0 Å². The van der Waals surface area contributed by atoms with Gasteiger partial charge >= 0.3 is 0 Å². The van der Waals surface area contributed by atoms with Crippen LogP contribution in [0.2, 0.25) is 5.02 Å². The zero-order chi connectivity index (χ0) is 17.0. The van der Waals surface area contributed by atoms with Crippen LogP contribution in [0.4, 0.5) is 0 Å². The Balaban J connectivity index is 1.67. The van der Waals surface area contributed by atoms with Crippen LogP contribution in [-0.2, 0) is 11.2 Å². The lowest BCUT2D eigenvalue weighted by molar-refractivity contribution is 0.0377. The maximum Gasteiger partial charge on any atom is 0.191 e. The minimum atomic E-state index is 0.788. The molecule has 0 aliphatic carbocycles. The summed E-state index contributed by atoms with van der Waals surface area (Å²) in [4.78, 5) is 7.10. The first-order valence-corrected chi connectivity index (χ1v) is 9.22. The van der Waals surface area contributed by atoms with E-state index in [2.05, 4.69) is 33.5 Å². The van der Waals surface area contributed by atoms with Crippen molar-refractivity contribution in [2.24, 2.45) is 4.99 Å². The van der Waals surface area contributed by atoms with Crippen LogP contribution in [0.1, 0.15) is 18.9 Å². The van der Waals surface area contributed by atoms with E-state index in [1.165, 1.54) is 5.56 Å². The summed E-state index contributed by atoms with van der Waals surface area (Å²) in [5.41, 5.74) is 1.23. The molecule has 1 aromatic rings. The summed E-state index contributed by atoms with van der Waals surface area (Å²) < 4.78 is 5.37. The quantitative estimate of drug-likeness (QED) is 0.427. The van der Waals surface area contributed by atoms with Gasteiger partial charge in [0, 0.05) is 44.3 Å². The molecule has 1 aromatic carbocycles. The van der Waals surface area contributed by atoms with E-state index in [0.717, 1.165) is 76.3 Å². The lowest BCUT2D eigenvalue weighted by atomic mass is 10.1. The van der Waals surface area contributed by atoms with Crippen molar-refractivity contribution in [2.75, 3.05) is 52.5 Å². The fourth-order valence-electron chi connectivity index (χ4n) is 2.67. The summed E-state index contributed by atoms with van der Waals surface area (Å²) >= 11 is 6.02. The summed E-state index contributed by atoms with van der Waals surface area (Å²) in [7, 11) is 0. The van der Waals surface area contributed by atoms with E-state index in [1.54, 1.807) is 0 Å². The summed E-state index contributed by atoms with van der Waals surface area (Å²) in [6.45, 7) is 9.53. The van der Waals surface area contributed by atoms with Gasteiger partial charge in [-0.3, -0.25) is 9.89 Å². The highest BCUT2D eigenvalue weighted by Gasteiger charge is 2.09. The third-order valence-electron chi connectivity index (χ3n) is 3.95. The zero-order valence-electron chi connectivity index (χ0n) is 14.6. The minimum Gasteiger partial charge on any atom is -0.379 e. The van der Waals surface area contributed by atoms with Crippen LogP contribution >= 0.6 is 11.6 Å². The van der Waals surface area contributed by atoms with Gasteiger partial charge in [0.2, 0.25) is 0 Å². The average Bonchev–Trinajstić information content (AvgIpc) is 2.59. The number of hydrogen-bond acceptors (Lipinski definition) is 3. The molecule has 0 aromatic heterocycles. The van der Waals surface area contributed by atoms with Crippen LogP contribution in [0.5, 0.6) is 0 Å². The van der Waals surface area contributed by atoms with Gasteiger partial charge in [0.15, 0.2) is 5.96 Å². The Morgan fingerprint density at radius 2 is 2.12 bits per heavy atom. The Morgan fingerprint density at radius 1 is 1.29 bits per heavy atom. The molecule has 0 spiro atoms. The Labute approximate surface area is 150 Å². The first-order valence-electron chi connectivity index (χ1n) is 8.84. The number of nitrogens with one attached hydrogen (secondary N) is 2. The zero-order valence-corrected chi connectivity index (χ0v) is 15.3. The van der Waals surface area contributed by atoms with Crippen LogP contribution in [0, 0.1) is 0 Å². The second kappa shape index (κ2) is 11.3. The molecule has 1 aliphatic heterocycles. The molecule has 0 saturated carbocycles. The van der Waals surface area contributed by atoms with Crippen LogP contribution in [0.3, 0.4) is 0 Å². The van der Waals surface area contributed by atoms with Crippen LogP contribution < -0.4 is 10.6 Å². The lowest BCUT2D eigenvalue weighted by Crippen LogP contribution is -2.39. The van der Waals surface area contributed by atoms with Gasteiger partial charge in [-0.15, -0.1) is 0 Å². The van der Waals surface area contributed by atoms with E-state index in [-0.39, 0.29) is 0 Å². The smallest absolute Gasteiger partial charge is 0.191 e. The number of halogens is 1. The van der Waals surface area contributed by atoms with Crippen molar-refractivity contribution < 1.29 is 4.74 Å². The Morgan fingerprint density at radius 3 is 2.88 bits per heavy atom. The molecule has 24 heavy (non-hydrogen) atoms. The van der Waals surface area contributed by atoms with E-state index in [1.807, 2.05) is 18.2 Å². The molecule has 1 heterocycles. The predicted octanol–water partition coefficient (Wildman–Crippen LogP) is 2.16. The minimum absolute atomic E-state index is 0.788. The van der Waals surface area contributed by atoms with E-state index in [9.17, 15) is 0 Å². The molecule has 1 fully saturated rings. The number of rotatable bonds is 8. The van der Waals surface area contributed by atoms with E-state index in [4.69, 9.17) is 16.3 Å². The fraction of sp³-hybridized carbons (Fsp3) is 0.611. The molecule has 2 rings (SSSR count). The third-order valence-corrected chi connectivity index (χ3v) is 4.18. The first kappa shape index (κ1) is 19.0. The Kier molecular flexibility index (Phi) is 8.95. The van der Waals surface area contributed by atoms with Gasteiger partial charge in [-0.05, 0) is 37.5 Å². The fourth-order valence-corrected chi connectivity index (χ4v) is 2.88. The highest BCUT2D eigenvalue weighted by molar-refractivity contribution is 6.30. The number of aliphatic imine (C=N–C) groups is 1. The standard InChI is InChI=1S/C18H29ClN4O/c1-2-20-18(21-8-4-10-23-11-13-24-14-12-23)22-9-7-16-5-3-6-17(19)15-16/h3,5-6,15H,2,4,7-14H2,1H3,(H2,20,21,22). The highest BCUT2D eigenvalue weighted by atomic mass is 35.5. The Hall–Kier alpha value is -1.30. The molecule has 0 radical (unpaired) electrons. The molecule has 6 heteroatoms. The van der Waals surface area contributed by atoms with E-state index < -0.39 is 0 Å².